The van der Waals surface area contributed by atoms with Crippen molar-refractivity contribution in [3.8, 4) is 34.2 Å². The molecule has 9 heteroatoms. The molecule has 0 bridgehead atoms. The fourth-order valence-corrected chi connectivity index (χ4v) is 6.03. The molecule has 0 radical (unpaired) electrons. The van der Waals surface area contributed by atoms with Crippen molar-refractivity contribution in [2.75, 3.05) is 13.2 Å². The maximum absolute atomic E-state index is 13.0. The Hall–Kier alpha value is -4.68. The third kappa shape index (κ3) is 6.31. The van der Waals surface area contributed by atoms with Gasteiger partial charge in [0.25, 0.3) is 0 Å². The van der Waals surface area contributed by atoms with Crippen molar-refractivity contribution < 1.29 is 19.4 Å². The van der Waals surface area contributed by atoms with Crippen LogP contribution in [0.25, 0.3) is 33.3 Å². The summed E-state index contributed by atoms with van der Waals surface area (Å²) < 4.78 is 7.92. The van der Waals surface area contributed by atoms with Gasteiger partial charge in [-0.2, -0.15) is 5.26 Å². The smallest absolute Gasteiger partial charge is 0.324 e. The fourth-order valence-electron chi connectivity index (χ4n) is 6.03. The van der Waals surface area contributed by atoms with Crippen LogP contribution in [0.1, 0.15) is 51.7 Å². The monoisotopic (exact) mass is 593 g/mol. The van der Waals surface area contributed by atoms with Crippen LogP contribution in [0.2, 0.25) is 0 Å². The quantitative estimate of drug-likeness (QED) is 0.184. The Morgan fingerprint density at radius 1 is 1.16 bits per heavy atom. The number of aryl methyl sites for hydroxylation is 1. The minimum absolute atomic E-state index is 0.164. The normalized spacial score (nSPS) is 15.6. The van der Waals surface area contributed by atoms with E-state index in [0.717, 1.165) is 50.8 Å². The number of pyridine rings is 1. The number of esters is 1. The van der Waals surface area contributed by atoms with Gasteiger partial charge in [-0.25, -0.2) is 5.43 Å². The van der Waals surface area contributed by atoms with Gasteiger partial charge in [-0.15, -0.1) is 0 Å². The number of nitriles is 1. The van der Waals surface area contributed by atoms with Crippen molar-refractivity contribution in [1.82, 2.24) is 20.0 Å². The number of ether oxygens (including phenoxy) is 1. The molecule has 5 rings (SSSR count). The van der Waals surface area contributed by atoms with Gasteiger partial charge in [0.05, 0.1) is 23.9 Å². The molecule has 0 aliphatic carbocycles. The molecule has 228 valence electrons. The van der Waals surface area contributed by atoms with E-state index >= 15 is 0 Å². The Morgan fingerprint density at radius 3 is 2.64 bits per heavy atom. The number of nitrogens with one attached hydrogen (secondary N) is 1. The van der Waals surface area contributed by atoms with E-state index in [4.69, 9.17) is 4.74 Å². The van der Waals surface area contributed by atoms with E-state index in [1.807, 2.05) is 57.3 Å². The summed E-state index contributed by atoms with van der Waals surface area (Å²) in [5, 5.41) is 23.0. The standard InChI is InChI=1S/C35H39N5O4/c1-23-14-26(16-27(42)15-23)24-10-11-31-28(17-24)29(32(25-8-6-12-37-19-25)40(31)35(4,5)20-36)18-34(2,3)21-44-33(43)30-9-7-13-39(22-41)38-30/h6,8,10-12,14-17,19,22,30,38,42H,7,9,13,18,21H2,1-5H3/t30-/m0/s1. The Balaban J connectivity index is 1.61. The van der Waals surface area contributed by atoms with Gasteiger partial charge < -0.3 is 14.4 Å². The average Bonchev–Trinajstić information content (AvgIpc) is 3.33. The number of nitrogens with zero attached hydrogens (tertiary/aromatic N) is 4. The number of hydrogen-bond acceptors (Lipinski definition) is 7. The molecule has 4 aromatic rings. The number of fused-ring (bicyclic) bond motifs is 1. The lowest BCUT2D eigenvalue weighted by Crippen LogP contribution is -2.52. The molecule has 0 spiro atoms. The summed E-state index contributed by atoms with van der Waals surface area (Å²) in [6.07, 6.45) is 6.08. The van der Waals surface area contributed by atoms with Gasteiger partial charge in [-0.1, -0.05) is 26.0 Å². The predicted molar refractivity (Wildman–Crippen MR) is 169 cm³/mol. The molecule has 1 fully saturated rings. The number of rotatable bonds is 9. The second-order valence-electron chi connectivity index (χ2n) is 12.9. The third-order valence-electron chi connectivity index (χ3n) is 8.12. The molecule has 3 heterocycles. The highest BCUT2D eigenvalue weighted by molar-refractivity contribution is 5.95. The number of aromatic nitrogens is 2. The molecular formula is C35H39N5O4. The minimum atomic E-state index is -0.890. The van der Waals surface area contributed by atoms with Gasteiger partial charge in [-0.05, 0) is 98.7 Å². The summed E-state index contributed by atoms with van der Waals surface area (Å²) in [4.78, 5) is 28.6. The predicted octanol–water partition coefficient (Wildman–Crippen LogP) is 5.88. The molecule has 44 heavy (non-hydrogen) atoms. The number of benzene rings is 2. The number of carbonyl (C=O) groups excluding carboxylic acids is 2. The molecular weight excluding hydrogens is 554 g/mol. The van der Waals surface area contributed by atoms with Gasteiger partial charge in [0.1, 0.15) is 17.3 Å². The van der Waals surface area contributed by atoms with Crippen LogP contribution >= 0.6 is 0 Å². The van der Waals surface area contributed by atoms with E-state index in [0.29, 0.717) is 25.8 Å². The van der Waals surface area contributed by atoms with Crippen LogP contribution in [0.5, 0.6) is 5.75 Å². The van der Waals surface area contributed by atoms with Crippen LogP contribution in [-0.4, -0.2) is 51.2 Å². The highest BCUT2D eigenvalue weighted by Crippen LogP contribution is 2.42. The lowest BCUT2D eigenvalue weighted by atomic mass is 9.84. The van der Waals surface area contributed by atoms with Gasteiger partial charge in [0.2, 0.25) is 6.41 Å². The molecule has 2 aromatic carbocycles. The molecule has 0 unspecified atom stereocenters. The maximum atomic E-state index is 13.0. The fraction of sp³-hybridized carbons (Fsp3) is 0.371. The zero-order valence-corrected chi connectivity index (χ0v) is 25.9. The highest BCUT2D eigenvalue weighted by Gasteiger charge is 2.33. The van der Waals surface area contributed by atoms with Crippen molar-refractivity contribution in [2.45, 2.75) is 65.5 Å². The third-order valence-corrected chi connectivity index (χ3v) is 8.12. The van der Waals surface area contributed by atoms with Crippen LogP contribution in [0.15, 0.2) is 60.9 Å². The zero-order valence-electron chi connectivity index (χ0n) is 25.9. The minimum Gasteiger partial charge on any atom is -0.508 e. The van der Waals surface area contributed by atoms with Gasteiger partial charge in [0, 0.05) is 35.3 Å². The van der Waals surface area contributed by atoms with Crippen LogP contribution in [-0.2, 0) is 26.3 Å². The summed E-state index contributed by atoms with van der Waals surface area (Å²) in [7, 11) is 0. The number of amides is 1. The lowest BCUT2D eigenvalue weighted by Gasteiger charge is -2.31. The van der Waals surface area contributed by atoms with Gasteiger partial charge >= 0.3 is 5.97 Å². The first kappa shape index (κ1) is 30.8. The second kappa shape index (κ2) is 12.1. The number of phenols is 1. The summed E-state index contributed by atoms with van der Waals surface area (Å²) in [5.74, 6) is -0.182. The highest BCUT2D eigenvalue weighted by atomic mass is 16.5. The SMILES string of the molecule is Cc1cc(O)cc(-c2ccc3c(c2)c(CC(C)(C)COC(=O)[C@@H]2CCCN(C=O)N2)c(-c2cccnc2)n3C(C)(C)C#N)c1. The average molecular weight is 594 g/mol. The van der Waals surface area contributed by atoms with Crippen LogP contribution in [0, 0.1) is 23.7 Å². The number of hydrazine groups is 1. The van der Waals surface area contributed by atoms with Crippen LogP contribution < -0.4 is 5.43 Å². The molecule has 2 N–H and O–H groups in total. The van der Waals surface area contributed by atoms with Crippen molar-refractivity contribution in [3.05, 3.63) is 72.1 Å². The maximum Gasteiger partial charge on any atom is 0.324 e. The molecule has 1 aliphatic heterocycles. The molecule has 1 aliphatic rings. The molecule has 2 aromatic heterocycles. The number of aromatic hydroxyl groups is 1. The van der Waals surface area contributed by atoms with Crippen LogP contribution in [0.4, 0.5) is 0 Å². The second-order valence-corrected chi connectivity index (χ2v) is 12.9. The largest absolute Gasteiger partial charge is 0.508 e. The zero-order chi connectivity index (χ0) is 31.6. The van der Waals surface area contributed by atoms with E-state index < -0.39 is 17.0 Å². The van der Waals surface area contributed by atoms with Crippen molar-refractivity contribution in [3.63, 3.8) is 0 Å². The number of hydrogen-bond donors (Lipinski definition) is 2. The first-order valence-corrected chi connectivity index (χ1v) is 14.9. The van der Waals surface area contributed by atoms with Crippen LogP contribution in [0.3, 0.4) is 0 Å². The summed E-state index contributed by atoms with van der Waals surface area (Å²) >= 11 is 0. The summed E-state index contributed by atoms with van der Waals surface area (Å²) in [6.45, 7) is 10.6. The Morgan fingerprint density at radius 2 is 1.95 bits per heavy atom. The Kier molecular flexibility index (Phi) is 8.49. The van der Waals surface area contributed by atoms with E-state index in [9.17, 15) is 20.0 Å². The number of phenolic OH excluding ortho intramolecular Hbond substituents is 1. The molecule has 1 amide bonds. The summed E-state index contributed by atoms with van der Waals surface area (Å²) in [6, 6.07) is 17.5. The molecule has 1 atom stereocenters. The van der Waals surface area contributed by atoms with E-state index in [1.54, 1.807) is 18.3 Å². The molecule has 0 saturated carbocycles. The van der Waals surface area contributed by atoms with E-state index in [-0.39, 0.29) is 18.3 Å². The Bertz CT molecular complexity index is 1720. The van der Waals surface area contributed by atoms with Gasteiger partial charge in [0.15, 0.2) is 0 Å². The number of carbonyl (C=O) groups is 2. The first-order valence-electron chi connectivity index (χ1n) is 14.9. The van der Waals surface area contributed by atoms with E-state index in [2.05, 4.69) is 41.0 Å². The van der Waals surface area contributed by atoms with Crippen molar-refractivity contribution in [2.24, 2.45) is 5.41 Å². The van der Waals surface area contributed by atoms with Crippen molar-refractivity contribution in [1.29, 1.82) is 5.26 Å². The first-order chi connectivity index (χ1) is 20.9. The Labute approximate surface area is 258 Å². The lowest BCUT2D eigenvalue weighted by molar-refractivity contribution is -0.152. The van der Waals surface area contributed by atoms with E-state index in [1.165, 1.54) is 5.01 Å². The summed E-state index contributed by atoms with van der Waals surface area (Å²) in [5.41, 5.74) is 8.02. The molecule has 1 saturated heterocycles. The molecule has 9 nitrogen and oxygen atoms in total. The topological polar surface area (TPSA) is 120 Å². The van der Waals surface area contributed by atoms with Gasteiger partial charge in [-0.3, -0.25) is 19.6 Å². The van der Waals surface area contributed by atoms with Crippen molar-refractivity contribution >= 4 is 23.3 Å².